The first-order valence-electron chi connectivity index (χ1n) is 8.81. The fraction of sp³-hybridized carbons (Fsp3) is 0.0909. The molecule has 0 atom stereocenters. The van der Waals surface area contributed by atoms with E-state index >= 15 is 0 Å². The average Bonchev–Trinajstić information content (AvgIpc) is 3.27. The number of ether oxygens (including phenoxy) is 2. The molecule has 0 saturated carbocycles. The Hall–Kier alpha value is -4.20. The van der Waals surface area contributed by atoms with E-state index in [9.17, 15) is 19.2 Å². The number of amides is 1. The summed E-state index contributed by atoms with van der Waals surface area (Å²) in [5.74, 6) is -1.20. The van der Waals surface area contributed by atoms with Crippen LogP contribution >= 0.6 is 0 Å². The summed E-state index contributed by atoms with van der Waals surface area (Å²) in [7, 11) is 1.24. The highest BCUT2D eigenvalue weighted by atomic mass is 16.5. The molecular formula is C22H17NO7. The number of benzene rings is 2. The van der Waals surface area contributed by atoms with Gasteiger partial charge < -0.3 is 19.2 Å². The Kier molecular flexibility index (Phi) is 6.39. The van der Waals surface area contributed by atoms with Gasteiger partial charge in [0.1, 0.15) is 5.76 Å². The first-order chi connectivity index (χ1) is 14.5. The fourth-order valence-corrected chi connectivity index (χ4v) is 2.62. The summed E-state index contributed by atoms with van der Waals surface area (Å²) in [6.07, 6.45) is 0.601. The third-order valence-electron chi connectivity index (χ3n) is 4.09. The summed E-state index contributed by atoms with van der Waals surface area (Å²) in [4.78, 5) is 46.7. The lowest BCUT2D eigenvalue weighted by molar-refractivity contribution is -0.119. The van der Waals surface area contributed by atoms with Crippen LogP contribution in [0.3, 0.4) is 0 Å². The molecule has 30 heavy (non-hydrogen) atoms. The van der Waals surface area contributed by atoms with Gasteiger partial charge in [-0.15, -0.1) is 0 Å². The second kappa shape index (κ2) is 9.33. The highest BCUT2D eigenvalue weighted by Crippen LogP contribution is 2.22. The number of carbonyl (C=O) groups excluding carboxylic acids is 4. The van der Waals surface area contributed by atoms with Crippen molar-refractivity contribution in [1.29, 1.82) is 0 Å². The van der Waals surface area contributed by atoms with E-state index in [1.807, 2.05) is 0 Å². The van der Waals surface area contributed by atoms with Gasteiger partial charge in [0.25, 0.3) is 5.91 Å². The van der Waals surface area contributed by atoms with Crippen molar-refractivity contribution in [3.8, 4) is 11.3 Å². The molecule has 1 N–H and O–H groups in total. The van der Waals surface area contributed by atoms with E-state index in [1.54, 1.807) is 36.4 Å². The number of carbonyl (C=O) groups is 4. The first-order valence-corrected chi connectivity index (χ1v) is 8.81. The van der Waals surface area contributed by atoms with E-state index in [1.165, 1.54) is 31.4 Å². The Labute approximate surface area is 171 Å². The number of methoxy groups -OCH3 is 1. The highest BCUT2D eigenvalue weighted by molar-refractivity contribution is 6.02. The molecule has 0 saturated heterocycles. The summed E-state index contributed by atoms with van der Waals surface area (Å²) in [5.41, 5.74) is 1.36. The molecule has 0 aliphatic rings. The molecule has 0 unspecified atom stereocenters. The Morgan fingerprint density at radius 1 is 0.967 bits per heavy atom. The van der Waals surface area contributed by atoms with Gasteiger partial charge in [-0.3, -0.25) is 9.59 Å². The van der Waals surface area contributed by atoms with Gasteiger partial charge >= 0.3 is 11.9 Å². The summed E-state index contributed by atoms with van der Waals surface area (Å²) in [6, 6.07) is 15.8. The van der Waals surface area contributed by atoms with E-state index in [-0.39, 0.29) is 22.6 Å². The number of nitrogens with one attached hydrogen (secondary N) is 1. The Balaban J connectivity index is 1.58. The predicted octanol–water partition coefficient (Wildman–Crippen LogP) is 3.34. The lowest BCUT2D eigenvalue weighted by Crippen LogP contribution is -2.22. The molecule has 0 aliphatic carbocycles. The average molecular weight is 407 g/mol. The van der Waals surface area contributed by atoms with Gasteiger partial charge in [-0.25, -0.2) is 9.59 Å². The minimum atomic E-state index is -0.689. The number of esters is 2. The third-order valence-corrected chi connectivity index (χ3v) is 4.09. The Morgan fingerprint density at radius 3 is 2.37 bits per heavy atom. The molecule has 3 rings (SSSR count). The van der Waals surface area contributed by atoms with Crippen molar-refractivity contribution < 1.29 is 33.1 Å². The molecule has 0 aliphatic heterocycles. The molecule has 2 aromatic carbocycles. The van der Waals surface area contributed by atoms with E-state index in [4.69, 9.17) is 9.15 Å². The molecule has 1 heterocycles. The van der Waals surface area contributed by atoms with Gasteiger partial charge in [-0.05, 0) is 36.4 Å². The molecule has 0 bridgehead atoms. The van der Waals surface area contributed by atoms with Crippen LogP contribution < -0.4 is 5.32 Å². The largest absolute Gasteiger partial charge is 0.465 e. The third kappa shape index (κ3) is 4.79. The van der Waals surface area contributed by atoms with Crippen LogP contribution in [0.15, 0.2) is 65.1 Å². The minimum Gasteiger partial charge on any atom is -0.465 e. The lowest BCUT2D eigenvalue weighted by Gasteiger charge is -2.10. The van der Waals surface area contributed by atoms with Crippen molar-refractivity contribution in [1.82, 2.24) is 0 Å². The summed E-state index contributed by atoms with van der Waals surface area (Å²) < 4.78 is 15.0. The van der Waals surface area contributed by atoms with Gasteiger partial charge in [0, 0.05) is 5.56 Å². The maximum Gasteiger partial charge on any atom is 0.339 e. The molecule has 152 valence electrons. The fourth-order valence-electron chi connectivity index (χ4n) is 2.62. The van der Waals surface area contributed by atoms with Gasteiger partial charge in [0.2, 0.25) is 0 Å². The summed E-state index contributed by atoms with van der Waals surface area (Å²) in [6.45, 7) is -0.531. The van der Waals surface area contributed by atoms with Crippen molar-refractivity contribution in [3.63, 3.8) is 0 Å². The van der Waals surface area contributed by atoms with E-state index in [0.29, 0.717) is 17.6 Å². The molecule has 8 heteroatoms. The van der Waals surface area contributed by atoms with Crippen LogP contribution in [0.4, 0.5) is 5.69 Å². The normalized spacial score (nSPS) is 10.2. The van der Waals surface area contributed by atoms with Crippen molar-refractivity contribution in [2.45, 2.75) is 0 Å². The lowest BCUT2D eigenvalue weighted by atomic mass is 10.1. The zero-order chi connectivity index (χ0) is 21.5. The zero-order valence-electron chi connectivity index (χ0n) is 15.9. The van der Waals surface area contributed by atoms with Gasteiger partial charge in [0.05, 0.1) is 23.9 Å². The van der Waals surface area contributed by atoms with Crippen molar-refractivity contribution >= 4 is 29.8 Å². The van der Waals surface area contributed by atoms with Crippen LogP contribution in [0.1, 0.15) is 31.3 Å². The highest BCUT2D eigenvalue weighted by Gasteiger charge is 2.15. The van der Waals surface area contributed by atoms with Gasteiger partial charge in [-0.2, -0.15) is 0 Å². The zero-order valence-corrected chi connectivity index (χ0v) is 15.9. The number of anilines is 1. The summed E-state index contributed by atoms with van der Waals surface area (Å²) >= 11 is 0. The topological polar surface area (TPSA) is 112 Å². The van der Waals surface area contributed by atoms with Crippen molar-refractivity contribution in [2.24, 2.45) is 0 Å². The monoisotopic (exact) mass is 407 g/mol. The predicted molar refractivity (Wildman–Crippen MR) is 106 cm³/mol. The Morgan fingerprint density at radius 2 is 1.70 bits per heavy atom. The first kappa shape index (κ1) is 20.5. The van der Waals surface area contributed by atoms with Gasteiger partial charge in [0.15, 0.2) is 18.7 Å². The number of aldehydes is 1. The SMILES string of the molecule is COC(=O)c1ccccc1NC(=O)COC(=O)c1ccc(-c2ccc(C=O)o2)cc1. The second-order valence-corrected chi connectivity index (χ2v) is 6.06. The maximum absolute atomic E-state index is 12.2. The molecule has 1 amide bonds. The number of hydrogen-bond donors (Lipinski definition) is 1. The van der Waals surface area contributed by atoms with Crippen LogP contribution in [0.2, 0.25) is 0 Å². The number of furan rings is 1. The van der Waals surface area contributed by atoms with Crippen LogP contribution in [0.25, 0.3) is 11.3 Å². The quantitative estimate of drug-likeness (QED) is 0.472. The minimum absolute atomic E-state index is 0.186. The summed E-state index contributed by atoms with van der Waals surface area (Å²) in [5, 5.41) is 2.51. The van der Waals surface area contributed by atoms with Crippen molar-refractivity contribution in [2.75, 3.05) is 19.0 Å². The number of rotatable bonds is 7. The van der Waals surface area contributed by atoms with Crippen molar-refractivity contribution in [3.05, 3.63) is 77.6 Å². The van der Waals surface area contributed by atoms with Crippen LogP contribution in [0.5, 0.6) is 0 Å². The van der Waals surface area contributed by atoms with Gasteiger partial charge in [-0.1, -0.05) is 24.3 Å². The van der Waals surface area contributed by atoms with Crippen LogP contribution in [0, 0.1) is 0 Å². The van der Waals surface area contributed by atoms with E-state index in [2.05, 4.69) is 10.1 Å². The maximum atomic E-state index is 12.2. The Bertz CT molecular complexity index is 1080. The second-order valence-electron chi connectivity index (χ2n) is 6.06. The number of hydrogen-bond acceptors (Lipinski definition) is 7. The molecule has 1 aromatic heterocycles. The molecular weight excluding hydrogens is 390 g/mol. The standard InChI is InChI=1S/C22H17NO7/c1-28-22(27)17-4-2-3-5-18(17)23-20(25)13-29-21(26)15-8-6-14(7-9-15)19-11-10-16(12-24)30-19/h2-12H,13H2,1H3,(H,23,25). The molecule has 0 fully saturated rings. The smallest absolute Gasteiger partial charge is 0.339 e. The molecule has 0 radical (unpaired) electrons. The number of para-hydroxylation sites is 1. The van der Waals surface area contributed by atoms with Crippen LogP contribution in [-0.4, -0.2) is 37.8 Å². The molecule has 8 nitrogen and oxygen atoms in total. The van der Waals surface area contributed by atoms with E-state index < -0.39 is 24.5 Å². The van der Waals surface area contributed by atoms with E-state index in [0.717, 1.165) is 0 Å². The molecule has 3 aromatic rings. The van der Waals surface area contributed by atoms with Crippen LogP contribution in [-0.2, 0) is 14.3 Å². The molecule has 0 spiro atoms.